The third-order valence-electron chi connectivity index (χ3n) is 3.27. The lowest BCUT2D eigenvalue weighted by molar-refractivity contribution is -0.426. The van der Waals surface area contributed by atoms with E-state index < -0.39 is 10.9 Å². The Kier molecular flexibility index (Phi) is 5.25. The predicted molar refractivity (Wildman–Crippen MR) is 84.8 cm³/mol. The molecule has 0 aliphatic heterocycles. The number of hydrogen-bond donors (Lipinski definition) is 0. The predicted octanol–water partition coefficient (Wildman–Crippen LogP) is 3.80. The van der Waals surface area contributed by atoms with Crippen LogP contribution in [-0.2, 0) is 9.53 Å². The van der Waals surface area contributed by atoms with Gasteiger partial charge >= 0.3 is 5.97 Å². The number of carbonyl (C=O) groups excluding carboxylic acids is 1. The van der Waals surface area contributed by atoms with Crippen LogP contribution in [-0.4, -0.2) is 17.5 Å². The minimum absolute atomic E-state index is 0.00408. The molecule has 0 aliphatic rings. The number of carbonyl (C=O) groups is 1. The molecule has 0 saturated carbocycles. The fraction of sp³-hybridized carbons (Fsp3) is 0.235. The molecule has 22 heavy (non-hydrogen) atoms. The number of allylic oxidation sites excluding steroid dienone is 1. The van der Waals surface area contributed by atoms with E-state index in [9.17, 15) is 14.9 Å². The van der Waals surface area contributed by atoms with Crippen molar-refractivity contribution >= 4 is 22.8 Å². The SMILES string of the molecule is CCOC(=O)CC/C(=C/c1cccc2ccccc12)[N+](=O)[O-]. The number of nitro groups is 1. The summed E-state index contributed by atoms with van der Waals surface area (Å²) in [6.45, 7) is 1.98. The van der Waals surface area contributed by atoms with Crippen LogP contribution >= 0.6 is 0 Å². The monoisotopic (exact) mass is 299 g/mol. The second-order valence-electron chi connectivity index (χ2n) is 4.77. The molecule has 2 rings (SSSR count). The Balaban J connectivity index is 2.29. The third-order valence-corrected chi connectivity index (χ3v) is 3.27. The average molecular weight is 299 g/mol. The van der Waals surface area contributed by atoms with Crippen molar-refractivity contribution in [1.82, 2.24) is 0 Å². The van der Waals surface area contributed by atoms with E-state index in [1.165, 1.54) is 6.08 Å². The molecule has 2 aromatic carbocycles. The normalized spacial score (nSPS) is 11.4. The lowest BCUT2D eigenvalue weighted by Gasteiger charge is -2.03. The third kappa shape index (κ3) is 3.91. The van der Waals surface area contributed by atoms with Crippen molar-refractivity contribution in [3.05, 3.63) is 63.8 Å². The number of ether oxygens (including phenoxy) is 1. The quantitative estimate of drug-likeness (QED) is 0.462. The van der Waals surface area contributed by atoms with Gasteiger partial charge in [-0.1, -0.05) is 42.5 Å². The van der Waals surface area contributed by atoms with Crippen molar-refractivity contribution in [3.8, 4) is 0 Å². The molecule has 2 aromatic rings. The van der Waals surface area contributed by atoms with Crippen molar-refractivity contribution in [2.75, 3.05) is 6.61 Å². The Bertz CT molecular complexity index is 716. The fourth-order valence-electron chi connectivity index (χ4n) is 2.24. The summed E-state index contributed by atoms with van der Waals surface area (Å²) in [6.07, 6.45) is 1.59. The fourth-order valence-corrected chi connectivity index (χ4v) is 2.24. The lowest BCUT2D eigenvalue weighted by atomic mass is 10.0. The van der Waals surface area contributed by atoms with Crippen LogP contribution in [0.15, 0.2) is 48.2 Å². The molecule has 0 saturated heterocycles. The highest BCUT2D eigenvalue weighted by molar-refractivity contribution is 5.90. The van der Waals surface area contributed by atoms with Crippen LogP contribution in [0.3, 0.4) is 0 Å². The van der Waals surface area contributed by atoms with Gasteiger partial charge in [-0.25, -0.2) is 0 Å². The molecule has 0 aromatic heterocycles. The first kappa shape index (κ1) is 15.7. The molecule has 0 fully saturated rings. The second kappa shape index (κ2) is 7.36. The van der Waals surface area contributed by atoms with E-state index in [4.69, 9.17) is 4.74 Å². The van der Waals surface area contributed by atoms with Crippen molar-refractivity contribution in [3.63, 3.8) is 0 Å². The molecule has 0 unspecified atom stereocenters. The molecule has 0 radical (unpaired) electrons. The van der Waals surface area contributed by atoms with E-state index in [2.05, 4.69) is 0 Å². The van der Waals surface area contributed by atoms with Gasteiger partial charge in [-0.3, -0.25) is 14.9 Å². The molecule has 0 N–H and O–H groups in total. The molecule has 5 nitrogen and oxygen atoms in total. The summed E-state index contributed by atoms with van der Waals surface area (Å²) in [5.74, 6) is -0.423. The largest absolute Gasteiger partial charge is 0.466 e. The maximum absolute atomic E-state index is 11.4. The Morgan fingerprint density at radius 1 is 1.18 bits per heavy atom. The first-order valence-electron chi connectivity index (χ1n) is 7.10. The van der Waals surface area contributed by atoms with Gasteiger partial charge in [0.15, 0.2) is 0 Å². The summed E-state index contributed by atoms with van der Waals surface area (Å²) in [6, 6.07) is 13.3. The van der Waals surface area contributed by atoms with E-state index in [0.717, 1.165) is 16.3 Å². The topological polar surface area (TPSA) is 69.4 Å². The Hall–Kier alpha value is -2.69. The summed E-state index contributed by atoms with van der Waals surface area (Å²) >= 11 is 0. The van der Waals surface area contributed by atoms with Crippen molar-refractivity contribution in [2.24, 2.45) is 0 Å². The first-order chi connectivity index (χ1) is 10.6. The second-order valence-corrected chi connectivity index (χ2v) is 4.77. The first-order valence-corrected chi connectivity index (χ1v) is 7.10. The van der Waals surface area contributed by atoms with Gasteiger partial charge in [0, 0.05) is 12.5 Å². The molecule has 0 bridgehead atoms. The minimum atomic E-state index is -0.443. The molecular formula is C17H17NO4. The Morgan fingerprint density at radius 2 is 1.91 bits per heavy atom. The van der Waals surface area contributed by atoms with E-state index in [-0.39, 0.29) is 25.1 Å². The molecule has 0 heterocycles. The van der Waals surface area contributed by atoms with Gasteiger partial charge in [-0.15, -0.1) is 0 Å². The van der Waals surface area contributed by atoms with Crippen molar-refractivity contribution in [2.45, 2.75) is 19.8 Å². The molecular weight excluding hydrogens is 282 g/mol. The van der Waals surface area contributed by atoms with E-state index in [0.29, 0.717) is 0 Å². The Morgan fingerprint density at radius 3 is 2.64 bits per heavy atom. The maximum atomic E-state index is 11.4. The van der Waals surface area contributed by atoms with Crippen molar-refractivity contribution < 1.29 is 14.5 Å². The van der Waals surface area contributed by atoms with Crippen LogP contribution in [0.5, 0.6) is 0 Å². The van der Waals surface area contributed by atoms with Crippen LogP contribution in [0.25, 0.3) is 16.8 Å². The molecule has 5 heteroatoms. The van der Waals surface area contributed by atoms with Gasteiger partial charge in [0.25, 0.3) is 0 Å². The summed E-state index contributed by atoms with van der Waals surface area (Å²) < 4.78 is 4.80. The molecule has 0 amide bonds. The van der Waals surface area contributed by atoms with E-state index in [1.807, 2.05) is 42.5 Å². The highest BCUT2D eigenvalue weighted by Gasteiger charge is 2.14. The van der Waals surface area contributed by atoms with Crippen LogP contribution in [0.1, 0.15) is 25.3 Å². The van der Waals surface area contributed by atoms with Gasteiger partial charge in [0.2, 0.25) is 5.70 Å². The summed E-state index contributed by atoms with van der Waals surface area (Å²) in [4.78, 5) is 22.1. The number of fused-ring (bicyclic) bond motifs is 1. The summed E-state index contributed by atoms with van der Waals surface area (Å²) in [7, 11) is 0. The van der Waals surface area contributed by atoms with Crippen LogP contribution in [0, 0.1) is 10.1 Å². The minimum Gasteiger partial charge on any atom is -0.466 e. The number of nitrogens with zero attached hydrogens (tertiary/aromatic N) is 1. The zero-order chi connectivity index (χ0) is 15.9. The summed E-state index contributed by atoms with van der Waals surface area (Å²) in [5.41, 5.74) is 0.776. The van der Waals surface area contributed by atoms with Gasteiger partial charge in [-0.05, 0) is 23.3 Å². The van der Waals surface area contributed by atoms with Gasteiger partial charge in [-0.2, -0.15) is 0 Å². The highest BCUT2D eigenvalue weighted by atomic mass is 16.6. The average Bonchev–Trinajstić information content (AvgIpc) is 2.51. The number of esters is 1. The van der Waals surface area contributed by atoms with Gasteiger partial charge in [0.1, 0.15) is 0 Å². The molecule has 114 valence electrons. The summed E-state index contributed by atoms with van der Waals surface area (Å²) in [5, 5.41) is 13.2. The zero-order valence-corrected chi connectivity index (χ0v) is 12.3. The van der Waals surface area contributed by atoms with Crippen LogP contribution in [0.2, 0.25) is 0 Å². The zero-order valence-electron chi connectivity index (χ0n) is 12.3. The highest BCUT2D eigenvalue weighted by Crippen LogP contribution is 2.22. The van der Waals surface area contributed by atoms with Crippen molar-refractivity contribution in [1.29, 1.82) is 0 Å². The lowest BCUT2D eigenvalue weighted by Crippen LogP contribution is -2.07. The van der Waals surface area contributed by atoms with E-state index in [1.54, 1.807) is 6.92 Å². The van der Waals surface area contributed by atoms with E-state index >= 15 is 0 Å². The molecule has 0 atom stereocenters. The van der Waals surface area contributed by atoms with Gasteiger partial charge < -0.3 is 4.74 Å². The van der Waals surface area contributed by atoms with Gasteiger partial charge in [0.05, 0.1) is 18.0 Å². The van der Waals surface area contributed by atoms with Crippen LogP contribution < -0.4 is 0 Å². The maximum Gasteiger partial charge on any atom is 0.306 e. The number of benzene rings is 2. The smallest absolute Gasteiger partial charge is 0.306 e. The Labute approximate surface area is 128 Å². The standard InChI is InChI=1S/C17H17NO4/c1-2-22-17(19)11-10-15(18(20)21)12-14-8-5-7-13-6-3-4-9-16(13)14/h3-9,12H,2,10-11H2,1H3/b15-12-. The molecule has 0 spiro atoms. The molecule has 0 aliphatic carbocycles. The number of rotatable bonds is 6. The van der Waals surface area contributed by atoms with Crippen LogP contribution in [0.4, 0.5) is 0 Å². The number of hydrogen-bond acceptors (Lipinski definition) is 4.